The fourth-order valence-electron chi connectivity index (χ4n) is 2.22. The van der Waals surface area contributed by atoms with E-state index in [1.54, 1.807) is 7.11 Å². The summed E-state index contributed by atoms with van der Waals surface area (Å²) in [5, 5.41) is 0. The molecule has 2 aromatic rings. The SMILES string of the molecule is COc1ccc(CCOc2c(C)cc(Br)cc2CN)cc1. The topological polar surface area (TPSA) is 44.5 Å². The second-order valence-electron chi connectivity index (χ2n) is 4.86. The molecule has 0 aromatic heterocycles. The Morgan fingerprint density at radius 3 is 2.48 bits per heavy atom. The lowest BCUT2D eigenvalue weighted by atomic mass is 10.1. The van der Waals surface area contributed by atoms with Gasteiger partial charge in [0, 0.05) is 23.0 Å². The van der Waals surface area contributed by atoms with Gasteiger partial charge in [0.2, 0.25) is 0 Å². The van der Waals surface area contributed by atoms with Crippen molar-refractivity contribution in [1.29, 1.82) is 0 Å². The maximum atomic E-state index is 5.94. The number of nitrogens with two attached hydrogens (primary N) is 1. The van der Waals surface area contributed by atoms with Crippen LogP contribution in [-0.2, 0) is 13.0 Å². The highest BCUT2D eigenvalue weighted by Crippen LogP contribution is 2.28. The summed E-state index contributed by atoms with van der Waals surface area (Å²) < 4.78 is 12.1. The van der Waals surface area contributed by atoms with Gasteiger partial charge in [0.1, 0.15) is 11.5 Å². The number of halogens is 1. The standard InChI is InChI=1S/C17H20BrNO2/c1-12-9-15(18)10-14(11-19)17(12)21-8-7-13-3-5-16(20-2)6-4-13/h3-6,9-10H,7-8,11,19H2,1-2H3. The minimum Gasteiger partial charge on any atom is -0.497 e. The summed E-state index contributed by atoms with van der Waals surface area (Å²) in [5.41, 5.74) is 9.13. The summed E-state index contributed by atoms with van der Waals surface area (Å²) in [6.07, 6.45) is 0.851. The molecule has 112 valence electrons. The molecule has 0 heterocycles. The smallest absolute Gasteiger partial charge is 0.126 e. The van der Waals surface area contributed by atoms with Gasteiger partial charge >= 0.3 is 0 Å². The van der Waals surface area contributed by atoms with E-state index in [4.69, 9.17) is 15.2 Å². The van der Waals surface area contributed by atoms with E-state index in [1.165, 1.54) is 5.56 Å². The maximum Gasteiger partial charge on any atom is 0.126 e. The average molecular weight is 350 g/mol. The third-order valence-corrected chi connectivity index (χ3v) is 3.79. The molecule has 0 bridgehead atoms. The third-order valence-electron chi connectivity index (χ3n) is 3.33. The second-order valence-corrected chi connectivity index (χ2v) is 5.78. The van der Waals surface area contributed by atoms with Crippen LogP contribution in [0.25, 0.3) is 0 Å². The van der Waals surface area contributed by atoms with Gasteiger partial charge in [-0.05, 0) is 42.3 Å². The lowest BCUT2D eigenvalue weighted by Crippen LogP contribution is -2.07. The van der Waals surface area contributed by atoms with Crippen molar-refractivity contribution in [3.8, 4) is 11.5 Å². The van der Waals surface area contributed by atoms with E-state index < -0.39 is 0 Å². The molecule has 0 fully saturated rings. The van der Waals surface area contributed by atoms with Crippen LogP contribution >= 0.6 is 15.9 Å². The molecule has 0 aliphatic carbocycles. The van der Waals surface area contributed by atoms with Gasteiger partial charge in [-0.3, -0.25) is 0 Å². The van der Waals surface area contributed by atoms with Gasteiger partial charge in [-0.25, -0.2) is 0 Å². The molecule has 0 atom stereocenters. The molecule has 4 heteroatoms. The van der Waals surface area contributed by atoms with Crippen LogP contribution in [0, 0.1) is 6.92 Å². The predicted octanol–water partition coefficient (Wildman–Crippen LogP) is 3.85. The molecule has 0 aliphatic rings. The van der Waals surface area contributed by atoms with Gasteiger partial charge in [0.05, 0.1) is 13.7 Å². The minimum atomic E-state index is 0.470. The summed E-state index contributed by atoms with van der Waals surface area (Å²) in [7, 11) is 1.67. The van der Waals surface area contributed by atoms with Gasteiger partial charge in [-0.15, -0.1) is 0 Å². The van der Waals surface area contributed by atoms with Crippen molar-refractivity contribution >= 4 is 15.9 Å². The molecule has 0 unspecified atom stereocenters. The third kappa shape index (κ3) is 4.22. The number of aryl methyl sites for hydroxylation is 1. The Kier molecular flexibility index (Phi) is 5.65. The van der Waals surface area contributed by atoms with Crippen molar-refractivity contribution < 1.29 is 9.47 Å². The van der Waals surface area contributed by atoms with Crippen LogP contribution in [0.4, 0.5) is 0 Å². The van der Waals surface area contributed by atoms with Crippen LogP contribution in [0.1, 0.15) is 16.7 Å². The van der Waals surface area contributed by atoms with Crippen LogP contribution in [0.5, 0.6) is 11.5 Å². The number of ether oxygens (including phenoxy) is 2. The van der Waals surface area contributed by atoms with E-state index in [0.717, 1.165) is 33.5 Å². The Morgan fingerprint density at radius 1 is 1.14 bits per heavy atom. The summed E-state index contributed by atoms with van der Waals surface area (Å²) in [6, 6.07) is 12.1. The molecule has 0 saturated heterocycles. The van der Waals surface area contributed by atoms with Crippen LogP contribution in [0.15, 0.2) is 40.9 Å². The van der Waals surface area contributed by atoms with E-state index in [2.05, 4.69) is 28.1 Å². The minimum absolute atomic E-state index is 0.470. The monoisotopic (exact) mass is 349 g/mol. The highest BCUT2D eigenvalue weighted by Gasteiger charge is 2.08. The van der Waals surface area contributed by atoms with Crippen molar-refractivity contribution in [1.82, 2.24) is 0 Å². The fourth-order valence-corrected chi connectivity index (χ4v) is 2.84. The lowest BCUT2D eigenvalue weighted by molar-refractivity contribution is 0.316. The normalized spacial score (nSPS) is 10.5. The van der Waals surface area contributed by atoms with E-state index in [1.807, 2.05) is 31.2 Å². The molecule has 0 amide bonds. The zero-order valence-electron chi connectivity index (χ0n) is 12.4. The molecule has 2 rings (SSSR count). The highest BCUT2D eigenvalue weighted by molar-refractivity contribution is 9.10. The zero-order valence-corrected chi connectivity index (χ0v) is 13.9. The largest absolute Gasteiger partial charge is 0.497 e. The first-order valence-electron chi connectivity index (χ1n) is 6.89. The van der Waals surface area contributed by atoms with E-state index in [-0.39, 0.29) is 0 Å². The lowest BCUT2D eigenvalue weighted by Gasteiger charge is -2.14. The van der Waals surface area contributed by atoms with Crippen molar-refractivity contribution in [2.45, 2.75) is 19.9 Å². The van der Waals surface area contributed by atoms with Crippen LogP contribution in [-0.4, -0.2) is 13.7 Å². The maximum absolute atomic E-state index is 5.94. The quantitative estimate of drug-likeness (QED) is 0.861. The Bertz CT molecular complexity index is 596. The molecule has 2 aromatic carbocycles. The van der Waals surface area contributed by atoms with E-state index in [9.17, 15) is 0 Å². The Hall–Kier alpha value is -1.52. The molecule has 3 nitrogen and oxygen atoms in total. The number of methoxy groups -OCH3 is 1. The van der Waals surface area contributed by atoms with Gasteiger partial charge in [-0.1, -0.05) is 28.1 Å². The van der Waals surface area contributed by atoms with Gasteiger partial charge < -0.3 is 15.2 Å². The number of hydrogen-bond donors (Lipinski definition) is 1. The Morgan fingerprint density at radius 2 is 1.86 bits per heavy atom. The van der Waals surface area contributed by atoms with Crippen molar-refractivity contribution in [2.75, 3.05) is 13.7 Å². The second kappa shape index (κ2) is 7.48. The summed E-state index contributed by atoms with van der Waals surface area (Å²) in [5.74, 6) is 1.77. The summed E-state index contributed by atoms with van der Waals surface area (Å²) in [4.78, 5) is 0. The van der Waals surface area contributed by atoms with Crippen molar-refractivity contribution in [3.05, 3.63) is 57.6 Å². The molecule has 0 radical (unpaired) electrons. The average Bonchev–Trinajstić information content (AvgIpc) is 2.49. The number of benzene rings is 2. The van der Waals surface area contributed by atoms with Crippen LogP contribution < -0.4 is 15.2 Å². The van der Waals surface area contributed by atoms with E-state index in [0.29, 0.717) is 13.2 Å². The van der Waals surface area contributed by atoms with Crippen LogP contribution in [0.3, 0.4) is 0 Å². The fraction of sp³-hybridized carbons (Fsp3) is 0.294. The van der Waals surface area contributed by atoms with Crippen molar-refractivity contribution in [2.24, 2.45) is 5.73 Å². The summed E-state index contributed by atoms with van der Waals surface area (Å²) >= 11 is 3.48. The Balaban J connectivity index is 1.99. The number of rotatable bonds is 6. The van der Waals surface area contributed by atoms with Crippen LogP contribution in [0.2, 0.25) is 0 Å². The predicted molar refractivity (Wildman–Crippen MR) is 89.0 cm³/mol. The Labute approximate surface area is 134 Å². The van der Waals surface area contributed by atoms with Gasteiger partial charge in [0.25, 0.3) is 0 Å². The first-order valence-corrected chi connectivity index (χ1v) is 7.68. The molecular weight excluding hydrogens is 330 g/mol. The molecule has 21 heavy (non-hydrogen) atoms. The molecular formula is C17H20BrNO2. The molecule has 2 N–H and O–H groups in total. The molecule has 0 spiro atoms. The number of hydrogen-bond acceptors (Lipinski definition) is 3. The van der Waals surface area contributed by atoms with Gasteiger partial charge in [0.15, 0.2) is 0 Å². The molecule has 0 saturated carbocycles. The zero-order chi connectivity index (χ0) is 15.2. The van der Waals surface area contributed by atoms with Gasteiger partial charge in [-0.2, -0.15) is 0 Å². The van der Waals surface area contributed by atoms with E-state index >= 15 is 0 Å². The first-order chi connectivity index (χ1) is 10.1. The summed E-state index contributed by atoms with van der Waals surface area (Å²) in [6.45, 7) is 3.13. The molecule has 0 aliphatic heterocycles. The first kappa shape index (κ1) is 15.9. The highest BCUT2D eigenvalue weighted by atomic mass is 79.9. The van der Waals surface area contributed by atoms with Crippen molar-refractivity contribution in [3.63, 3.8) is 0 Å².